The van der Waals surface area contributed by atoms with E-state index in [1.165, 1.54) is 12.1 Å². The second kappa shape index (κ2) is 6.19. The second-order valence-corrected chi connectivity index (χ2v) is 7.05. The van der Waals surface area contributed by atoms with E-state index in [0.717, 1.165) is 25.3 Å². The van der Waals surface area contributed by atoms with Crippen LogP contribution in [0.5, 0.6) is 0 Å². The first-order valence-corrected chi connectivity index (χ1v) is 8.35. The Kier molecular flexibility index (Phi) is 4.41. The first-order chi connectivity index (χ1) is 10.9. The summed E-state index contributed by atoms with van der Waals surface area (Å²) in [4.78, 5) is 17.1. The van der Waals surface area contributed by atoms with Crippen molar-refractivity contribution in [3.8, 4) is 0 Å². The smallest absolute Gasteiger partial charge is 0.233 e. The predicted molar refractivity (Wildman–Crippen MR) is 85.2 cm³/mol. The average Bonchev–Trinajstić information content (AvgIpc) is 2.48. The van der Waals surface area contributed by atoms with Gasteiger partial charge in [-0.3, -0.25) is 4.79 Å². The number of halogens is 2. The van der Waals surface area contributed by atoms with Crippen LogP contribution in [-0.4, -0.2) is 48.9 Å². The number of likely N-dealkylation sites (tertiary alicyclic amines) is 1. The van der Waals surface area contributed by atoms with E-state index in [2.05, 4.69) is 19.0 Å². The monoisotopic (exact) mass is 322 g/mol. The average molecular weight is 322 g/mol. The Bertz CT molecular complexity index is 591. The van der Waals surface area contributed by atoms with Gasteiger partial charge in [-0.2, -0.15) is 0 Å². The van der Waals surface area contributed by atoms with Crippen molar-refractivity contribution in [3.05, 3.63) is 35.4 Å². The van der Waals surface area contributed by atoms with Crippen LogP contribution in [0.25, 0.3) is 0 Å². The highest BCUT2D eigenvalue weighted by atomic mass is 19.1. The van der Waals surface area contributed by atoms with Crippen molar-refractivity contribution in [2.24, 2.45) is 0 Å². The highest BCUT2D eigenvalue weighted by molar-refractivity contribution is 5.89. The maximum Gasteiger partial charge on any atom is 0.233 e. The summed E-state index contributed by atoms with van der Waals surface area (Å²) >= 11 is 0. The summed E-state index contributed by atoms with van der Waals surface area (Å²) in [6.45, 7) is 1.43. The van der Waals surface area contributed by atoms with E-state index in [-0.39, 0.29) is 5.91 Å². The molecule has 0 atom stereocenters. The lowest BCUT2D eigenvalue weighted by Crippen LogP contribution is -2.54. The van der Waals surface area contributed by atoms with E-state index < -0.39 is 17.0 Å². The van der Waals surface area contributed by atoms with Gasteiger partial charge in [0.25, 0.3) is 0 Å². The summed E-state index contributed by atoms with van der Waals surface area (Å²) in [5, 5.41) is 0. The molecule has 3 nitrogen and oxygen atoms in total. The summed E-state index contributed by atoms with van der Waals surface area (Å²) in [6.07, 6.45) is 4.11. The molecule has 1 amide bonds. The molecule has 1 saturated heterocycles. The molecule has 2 aliphatic rings. The van der Waals surface area contributed by atoms with Crippen molar-refractivity contribution in [1.29, 1.82) is 0 Å². The SMILES string of the molecule is CN(C)C1CCN(C(=O)C2(c3ccc(F)cc3F)CCC2)CC1. The zero-order valence-electron chi connectivity index (χ0n) is 13.8. The first-order valence-electron chi connectivity index (χ1n) is 8.35. The molecule has 1 aromatic rings. The zero-order chi connectivity index (χ0) is 16.6. The lowest BCUT2D eigenvalue weighted by atomic mass is 9.63. The van der Waals surface area contributed by atoms with Crippen LogP contribution < -0.4 is 0 Å². The van der Waals surface area contributed by atoms with Crippen LogP contribution in [0.3, 0.4) is 0 Å². The lowest BCUT2D eigenvalue weighted by molar-refractivity contribution is -0.142. The Labute approximate surface area is 136 Å². The van der Waals surface area contributed by atoms with Crippen molar-refractivity contribution in [1.82, 2.24) is 9.80 Å². The fourth-order valence-electron chi connectivity index (χ4n) is 3.89. The van der Waals surface area contributed by atoms with Gasteiger partial charge in [0.05, 0.1) is 5.41 Å². The molecule has 1 aromatic carbocycles. The molecule has 0 radical (unpaired) electrons. The molecule has 1 aliphatic carbocycles. The van der Waals surface area contributed by atoms with E-state index in [0.29, 0.717) is 37.5 Å². The van der Waals surface area contributed by atoms with Gasteiger partial charge in [-0.25, -0.2) is 8.78 Å². The van der Waals surface area contributed by atoms with E-state index in [1.807, 2.05) is 4.90 Å². The van der Waals surface area contributed by atoms with Gasteiger partial charge in [-0.15, -0.1) is 0 Å². The van der Waals surface area contributed by atoms with E-state index in [1.54, 1.807) is 0 Å². The van der Waals surface area contributed by atoms with Gasteiger partial charge >= 0.3 is 0 Å². The molecule has 1 heterocycles. The number of rotatable bonds is 3. The van der Waals surface area contributed by atoms with Crippen LogP contribution in [0.15, 0.2) is 18.2 Å². The topological polar surface area (TPSA) is 23.6 Å². The molecule has 5 heteroatoms. The van der Waals surface area contributed by atoms with E-state index >= 15 is 0 Å². The predicted octanol–water partition coefficient (Wildman–Crippen LogP) is 2.94. The van der Waals surface area contributed by atoms with Crippen LogP contribution >= 0.6 is 0 Å². The molecule has 23 heavy (non-hydrogen) atoms. The molecule has 2 fully saturated rings. The normalized spacial score (nSPS) is 21.3. The number of benzene rings is 1. The van der Waals surface area contributed by atoms with Gasteiger partial charge in [0.15, 0.2) is 0 Å². The Morgan fingerprint density at radius 2 is 1.87 bits per heavy atom. The number of carbonyl (C=O) groups is 1. The van der Waals surface area contributed by atoms with Crippen LogP contribution in [0.2, 0.25) is 0 Å². The molecule has 126 valence electrons. The molecule has 0 aromatic heterocycles. The molecule has 1 saturated carbocycles. The van der Waals surface area contributed by atoms with Gasteiger partial charge in [0.2, 0.25) is 5.91 Å². The Hall–Kier alpha value is -1.49. The molecule has 1 aliphatic heterocycles. The van der Waals surface area contributed by atoms with Crippen LogP contribution in [0, 0.1) is 11.6 Å². The lowest BCUT2D eigenvalue weighted by Gasteiger charge is -2.46. The van der Waals surface area contributed by atoms with Crippen molar-refractivity contribution < 1.29 is 13.6 Å². The molecule has 0 bridgehead atoms. The second-order valence-electron chi connectivity index (χ2n) is 7.05. The van der Waals surface area contributed by atoms with Crippen LogP contribution in [-0.2, 0) is 10.2 Å². The fourth-order valence-corrected chi connectivity index (χ4v) is 3.89. The maximum atomic E-state index is 14.2. The number of amides is 1. The number of nitrogens with zero attached hydrogens (tertiary/aromatic N) is 2. The summed E-state index contributed by atoms with van der Waals surface area (Å²) in [7, 11) is 4.12. The summed E-state index contributed by atoms with van der Waals surface area (Å²) in [5.41, 5.74) is -0.409. The molecule has 0 N–H and O–H groups in total. The number of hydrogen-bond acceptors (Lipinski definition) is 2. The van der Waals surface area contributed by atoms with Gasteiger partial charge in [-0.1, -0.05) is 12.5 Å². The number of hydrogen-bond donors (Lipinski definition) is 0. The van der Waals surface area contributed by atoms with Crippen molar-refractivity contribution in [2.45, 2.75) is 43.6 Å². The van der Waals surface area contributed by atoms with Crippen LogP contribution in [0.4, 0.5) is 8.78 Å². The zero-order valence-corrected chi connectivity index (χ0v) is 13.8. The molecular formula is C18H24F2N2O. The quantitative estimate of drug-likeness (QED) is 0.854. The summed E-state index contributed by atoms with van der Waals surface area (Å²) < 4.78 is 27.4. The van der Waals surface area contributed by atoms with Crippen LogP contribution in [0.1, 0.15) is 37.7 Å². The van der Waals surface area contributed by atoms with E-state index in [9.17, 15) is 13.6 Å². The molecule has 0 unspecified atom stereocenters. The van der Waals surface area contributed by atoms with Gasteiger partial charge in [0, 0.05) is 30.8 Å². The number of piperidine rings is 1. The molecule has 3 rings (SSSR count). The summed E-state index contributed by atoms with van der Waals surface area (Å²) in [5.74, 6) is -1.17. The van der Waals surface area contributed by atoms with Gasteiger partial charge in [0.1, 0.15) is 11.6 Å². The van der Waals surface area contributed by atoms with Crippen molar-refractivity contribution in [2.75, 3.05) is 27.2 Å². The minimum Gasteiger partial charge on any atom is -0.342 e. The first kappa shape index (κ1) is 16.4. The van der Waals surface area contributed by atoms with Gasteiger partial charge < -0.3 is 9.80 Å². The fraction of sp³-hybridized carbons (Fsp3) is 0.611. The standard InChI is InChI=1S/C18H24F2N2O/c1-21(2)14-6-10-22(11-7-14)17(23)18(8-3-9-18)15-5-4-13(19)12-16(15)20/h4-5,12,14H,3,6-11H2,1-2H3. The molecular weight excluding hydrogens is 298 g/mol. The van der Waals surface area contributed by atoms with Crippen molar-refractivity contribution >= 4 is 5.91 Å². The third-order valence-electron chi connectivity index (χ3n) is 5.55. The number of carbonyl (C=O) groups excluding carboxylic acids is 1. The maximum absolute atomic E-state index is 14.2. The Balaban J connectivity index is 1.79. The van der Waals surface area contributed by atoms with E-state index in [4.69, 9.17) is 0 Å². The highest BCUT2D eigenvalue weighted by Crippen LogP contribution is 2.46. The Morgan fingerprint density at radius 3 is 2.35 bits per heavy atom. The third-order valence-corrected chi connectivity index (χ3v) is 5.55. The Morgan fingerprint density at radius 1 is 1.22 bits per heavy atom. The minimum absolute atomic E-state index is 0.0199. The summed E-state index contributed by atoms with van der Waals surface area (Å²) in [6, 6.07) is 4.10. The van der Waals surface area contributed by atoms with Gasteiger partial charge in [-0.05, 0) is 45.8 Å². The molecule has 0 spiro atoms. The van der Waals surface area contributed by atoms with Crippen molar-refractivity contribution in [3.63, 3.8) is 0 Å². The third kappa shape index (κ3) is 2.87. The largest absolute Gasteiger partial charge is 0.342 e. The highest BCUT2D eigenvalue weighted by Gasteiger charge is 2.49. The minimum atomic E-state index is -0.775.